The van der Waals surface area contributed by atoms with Crippen LogP contribution >= 0.6 is 0 Å². The maximum absolute atomic E-state index is 12.3. The van der Waals surface area contributed by atoms with Crippen LogP contribution in [0, 0.1) is 5.41 Å². The van der Waals surface area contributed by atoms with Crippen LogP contribution in [0.15, 0.2) is 49.1 Å². The average Bonchev–Trinajstić information content (AvgIpc) is 3.35. The second-order valence-electron chi connectivity index (χ2n) is 8.90. The fourth-order valence-electron chi connectivity index (χ4n) is 3.55. The molecule has 0 spiro atoms. The van der Waals surface area contributed by atoms with Crippen molar-refractivity contribution < 1.29 is 4.79 Å². The van der Waals surface area contributed by atoms with Gasteiger partial charge in [-0.2, -0.15) is 5.10 Å². The lowest BCUT2D eigenvalue weighted by Crippen LogP contribution is -2.19. The van der Waals surface area contributed by atoms with Crippen LogP contribution in [0.2, 0.25) is 0 Å². The first-order chi connectivity index (χ1) is 15.4. The highest BCUT2D eigenvalue weighted by Crippen LogP contribution is 2.29. The molecule has 0 atom stereocenters. The number of nitrogens with one attached hydrogen (secondary N) is 3. The number of amides is 1. The summed E-state index contributed by atoms with van der Waals surface area (Å²) in [5, 5.41) is 11.1. The van der Waals surface area contributed by atoms with E-state index in [-0.39, 0.29) is 11.3 Å². The van der Waals surface area contributed by atoms with Crippen molar-refractivity contribution in [3.8, 4) is 22.6 Å². The summed E-state index contributed by atoms with van der Waals surface area (Å²) < 4.78 is 0. The van der Waals surface area contributed by atoms with Crippen LogP contribution in [-0.2, 0) is 4.79 Å². The average molecular weight is 426 g/mol. The van der Waals surface area contributed by atoms with Crippen molar-refractivity contribution in [2.45, 2.75) is 27.2 Å². The van der Waals surface area contributed by atoms with Gasteiger partial charge in [0.25, 0.3) is 0 Å². The molecular formula is C23H22N8O. The largest absolute Gasteiger partial charge is 0.325 e. The van der Waals surface area contributed by atoms with E-state index < -0.39 is 0 Å². The molecule has 0 fully saturated rings. The summed E-state index contributed by atoms with van der Waals surface area (Å²) in [7, 11) is 0. The molecule has 9 heteroatoms. The number of nitrogens with zero attached hydrogens (tertiary/aromatic N) is 5. The quantitative estimate of drug-likeness (QED) is 0.393. The van der Waals surface area contributed by atoms with Gasteiger partial charge in [-0.25, -0.2) is 15.0 Å². The van der Waals surface area contributed by atoms with E-state index in [1.54, 1.807) is 24.8 Å². The molecule has 0 saturated carbocycles. The molecule has 5 rings (SSSR count). The van der Waals surface area contributed by atoms with Gasteiger partial charge in [-0.1, -0.05) is 20.8 Å². The van der Waals surface area contributed by atoms with Crippen LogP contribution in [0.3, 0.4) is 0 Å². The minimum absolute atomic E-state index is 0.0411. The van der Waals surface area contributed by atoms with E-state index in [0.29, 0.717) is 34.9 Å². The van der Waals surface area contributed by atoms with Gasteiger partial charge < -0.3 is 10.3 Å². The monoisotopic (exact) mass is 426 g/mol. The summed E-state index contributed by atoms with van der Waals surface area (Å²) in [6.07, 6.45) is 7.28. The molecule has 1 amide bonds. The minimum atomic E-state index is -0.0893. The zero-order chi connectivity index (χ0) is 22.3. The van der Waals surface area contributed by atoms with Gasteiger partial charge in [0.15, 0.2) is 17.1 Å². The van der Waals surface area contributed by atoms with Crippen molar-refractivity contribution >= 4 is 33.8 Å². The predicted molar refractivity (Wildman–Crippen MR) is 123 cm³/mol. The third kappa shape index (κ3) is 3.92. The molecule has 0 aliphatic carbocycles. The molecule has 9 nitrogen and oxygen atoms in total. The molecule has 0 bridgehead atoms. The Morgan fingerprint density at radius 2 is 1.91 bits per heavy atom. The topological polar surface area (TPSA) is 125 Å². The molecule has 0 unspecified atom stereocenters. The van der Waals surface area contributed by atoms with Crippen molar-refractivity contribution in [2.24, 2.45) is 5.41 Å². The molecule has 0 aliphatic heterocycles. The Bertz CT molecular complexity index is 1410. The van der Waals surface area contributed by atoms with Gasteiger partial charge in [0, 0.05) is 36.1 Å². The number of H-pyrrole nitrogens is 2. The highest BCUT2D eigenvalue weighted by Gasteiger charge is 2.17. The Balaban J connectivity index is 1.49. The molecule has 0 saturated heterocycles. The van der Waals surface area contributed by atoms with E-state index in [1.165, 1.54) is 0 Å². The summed E-state index contributed by atoms with van der Waals surface area (Å²) in [5.74, 6) is 0.575. The third-order valence-electron chi connectivity index (χ3n) is 4.94. The highest BCUT2D eigenvalue weighted by molar-refractivity contribution is 5.94. The molecule has 5 heterocycles. The van der Waals surface area contributed by atoms with Gasteiger partial charge >= 0.3 is 0 Å². The van der Waals surface area contributed by atoms with Crippen LogP contribution in [0.1, 0.15) is 27.2 Å². The van der Waals surface area contributed by atoms with Gasteiger partial charge in [0.1, 0.15) is 11.2 Å². The molecular weight excluding hydrogens is 404 g/mol. The normalized spacial score (nSPS) is 11.8. The molecule has 32 heavy (non-hydrogen) atoms. The van der Waals surface area contributed by atoms with Crippen LogP contribution in [0.25, 0.3) is 44.8 Å². The number of fused-ring (bicyclic) bond motifs is 2. The van der Waals surface area contributed by atoms with Gasteiger partial charge in [0.05, 0.1) is 17.3 Å². The van der Waals surface area contributed by atoms with E-state index in [0.717, 1.165) is 22.0 Å². The van der Waals surface area contributed by atoms with E-state index in [4.69, 9.17) is 0 Å². The van der Waals surface area contributed by atoms with Crippen molar-refractivity contribution in [3.63, 3.8) is 0 Å². The first-order valence-electron chi connectivity index (χ1n) is 10.3. The summed E-state index contributed by atoms with van der Waals surface area (Å²) >= 11 is 0. The summed E-state index contributed by atoms with van der Waals surface area (Å²) in [6, 6.07) is 7.61. The lowest BCUT2D eigenvalue weighted by Gasteiger charge is -2.17. The number of carbonyl (C=O) groups is 1. The van der Waals surface area contributed by atoms with Crippen molar-refractivity contribution in [2.75, 3.05) is 5.32 Å². The number of hydrogen-bond donors (Lipinski definition) is 3. The molecule has 0 radical (unpaired) electrons. The zero-order valence-corrected chi connectivity index (χ0v) is 18.0. The smallest absolute Gasteiger partial charge is 0.224 e. The second-order valence-corrected chi connectivity index (χ2v) is 8.90. The Labute approximate surface area is 183 Å². The van der Waals surface area contributed by atoms with Crippen LogP contribution in [0.5, 0.6) is 0 Å². The Kier molecular flexibility index (Phi) is 4.66. The summed E-state index contributed by atoms with van der Waals surface area (Å²) in [6.45, 7) is 6.09. The molecule has 0 aromatic carbocycles. The Morgan fingerprint density at radius 3 is 2.72 bits per heavy atom. The number of aromatic amines is 2. The van der Waals surface area contributed by atoms with E-state index in [9.17, 15) is 4.79 Å². The SMILES string of the molecule is CC(C)(C)CC(=O)Nc1cncc(-c2cnc3[nH]nc(-c4nc5cccnc5[nH]4)c3c2)c1. The summed E-state index contributed by atoms with van der Waals surface area (Å²) in [5.41, 5.74) is 5.03. The first kappa shape index (κ1) is 19.8. The fourth-order valence-corrected chi connectivity index (χ4v) is 3.55. The van der Waals surface area contributed by atoms with Crippen molar-refractivity contribution in [3.05, 3.63) is 49.1 Å². The molecule has 5 aromatic heterocycles. The lowest BCUT2D eigenvalue weighted by atomic mass is 9.92. The van der Waals surface area contributed by atoms with E-state index in [1.807, 2.05) is 45.0 Å². The van der Waals surface area contributed by atoms with Gasteiger partial charge in [-0.05, 0) is 29.7 Å². The minimum Gasteiger partial charge on any atom is -0.325 e. The van der Waals surface area contributed by atoms with Gasteiger partial charge in [-0.3, -0.25) is 14.9 Å². The lowest BCUT2D eigenvalue weighted by molar-refractivity contribution is -0.117. The number of pyridine rings is 3. The van der Waals surface area contributed by atoms with Crippen LogP contribution in [0.4, 0.5) is 5.69 Å². The Hall–Kier alpha value is -4.14. The number of imidazole rings is 1. The number of rotatable bonds is 4. The van der Waals surface area contributed by atoms with E-state index >= 15 is 0 Å². The van der Waals surface area contributed by atoms with Crippen LogP contribution < -0.4 is 5.32 Å². The maximum Gasteiger partial charge on any atom is 0.224 e. The molecule has 160 valence electrons. The number of carbonyl (C=O) groups excluding carboxylic acids is 1. The van der Waals surface area contributed by atoms with Crippen molar-refractivity contribution in [1.82, 2.24) is 35.1 Å². The zero-order valence-electron chi connectivity index (χ0n) is 18.0. The third-order valence-corrected chi connectivity index (χ3v) is 4.94. The van der Waals surface area contributed by atoms with Crippen LogP contribution in [-0.4, -0.2) is 41.0 Å². The number of anilines is 1. The van der Waals surface area contributed by atoms with Crippen molar-refractivity contribution in [1.29, 1.82) is 0 Å². The Morgan fingerprint density at radius 1 is 1.06 bits per heavy atom. The van der Waals surface area contributed by atoms with Gasteiger partial charge in [-0.15, -0.1) is 0 Å². The standard InChI is InChI=1S/C23H22N8O/c1-23(2,3)9-18(32)27-15-7-13(10-24-12-15)14-8-16-19(30-31-20(16)26-11-14)22-28-17-5-4-6-25-21(17)29-22/h4-8,10-12H,9H2,1-3H3,(H,27,32)(H,25,28,29)(H,26,30,31). The number of aromatic nitrogens is 7. The fraction of sp³-hybridized carbons (Fsp3) is 0.217. The maximum atomic E-state index is 12.3. The summed E-state index contributed by atoms with van der Waals surface area (Å²) in [4.78, 5) is 33.2. The molecule has 3 N–H and O–H groups in total. The first-order valence-corrected chi connectivity index (χ1v) is 10.3. The molecule has 5 aromatic rings. The number of hydrogen-bond acceptors (Lipinski definition) is 6. The predicted octanol–water partition coefficient (Wildman–Crippen LogP) is 4.33. The van der Waals surface area contributed by atoms with E-state index in [2.05, 4.69) is 40.4 Å². The highest BCUT2D eigenvalue weighted by atomic mass is 16.1. The second kappa shape index (κ2) is 7.52. The van der Waals surface area contributed by atoms with Gasteiger partial charge in [0.2, 0.25) is 5.91 Å². The molecule has 0 aliphatic rings.